The minimum absolute atomic E-state index is 0.0913. The van der Waals surface area contributed by atoms with Gasteiger partial charge >= 0.3 is 5.97 Å². The van der Waals surface area contributed by atoms with Crippen LogP contribution in [-0.2, 0) is 25.8 Å². The second kappa shape index (κ2) is 12.8. The lowest BCUT2D eigenvalue weighted by Crippen LogP contribution is -2.33. The number of hydroxylamine groups is 2. The van der Waals surface area contributed by atoms with Crippen LogP contribution in [0.1, 0.15) is 37.7 Å². The largest absolute Gasteiger partial charge is 0.333 e. The summed E-state index contributed by atoms with van der Waals surface area (Å²) >= 11 is 1.22. The molecule has 0 unspecified atom stereocenters. The monoisotopic (exact) mass is 591 g/mol. The van der Waals surface area contributed by atoms with Gasteiger partial charge in [-0.2, -0.15) is 13.3 Å². The standard InChI is InChI=1S/C33H29N5O4S/c39-28-14-15-29(40)38(28)42-30(41)13-7-8-19-36-20-16-24(17-21-36)18-22-37-23-27(25-9-3-1-4-10-25)31-32(35-43-34-31)33(37)26-11-5-2-6-12-26/h1-6,9-12,16-18,20-23H,7-8,13-15,19H2/q+2/b22-18+. The second-order valence-corrected chi connectivity index (χ2v) is 10.7. The minimum Gasteiger partial charge on any atom is -0.330 e. The Morgan fingerprint density at radius 1 is 0.860 bits per heavy atom. The van der Waals surface area contributed by atoms with Gasteiger partial charge in [-0.15, -0.1) is 5.06 Å². The van der Waals surface area contributed by atoms with Gasteiger partial charge in [-0.25, -0.2) is 9.36 Å². The molecular formula is C33H29N5O4S+2. The summed E-state index contributed by atoms with van der Waals surface area (Å²) in [5, 5.41) is 0.596. The van der Waals surface area contributed by atoms with Gasteiger partial charge in [-0.1, -0.05) is 48.5 Å². The van der Waals surface area contributed by atoms with Crippen LogP contribution in [0.3, 0.4) is 0 Å². The van der Waals surface area contributed by atoms with Crippen molar-refractivity contribution >= 4 is 52.8 Å². The second-order valence-electron chi connectivity index (χ2n) is 10.2. The molecule has 9 nitrogen and oxygen atoms in total. The highest BCUT2D eigenvalue weighted by Gasteiger charge is 2.32. The van der Waals surface area contributed by atoms with Crippen molar-refractivity contribution in [1.82, 2.24) is 13.8 Å². The Morgan fingerprint density at radius 2 is 1.51 bits per heavy atom. The third-order valence-electron chi connectivity index (χ3n) is 7.22. The van der Waals surface area contributed by atoms with Crippen LogP contribution in [0.25, 0.3) is 45.7 Å². The first-order valence-corrected chi connectivity index (χ1v) is 14.8. The molecule has 10 heteroatoms. The average Bonchev–Trinajstić information content (AvgIpc) is 3.65. The lowest BCUT2D eigenvalue weighted by atomic mass is 10.0. The van der Waals surface area contributed by atoms with Crippen LogP contribution in [0.2, 0.25) is 0 Å². The summed E-state index contributed by atoms with van der Waals surface area (Å²) in [4.78, 5) is 40.1. The van der Waals surface area contributed by atoms with Crippen molar-refractivity contribution < 1.29 is 28.4 Å². The maximum Gasteiger partial charge on any atom is 0.333 e. The van der Waals surface area contributed by atoms with Crippen molar-refractivity contribution in [1.29, 1.82) is 0 Å². The number of imide groups is 1. The number of carbonyl (C=O) groups excluding carboxylic acids is 3. The van der Waals surface area contributed by atoms with Crippen LogP contribution < -0.4 is 9.13 Å². The number of aryl methyl sites for hydroxylation is 1. The van der Waals surface area contributed by atoms with Crippen LogP contribution >= 0.6 is 11.7 Å². The third-order valence-corrected chi connectivity index (χ3v) is 7.75. The molecule has 0 radical (unpaired) electrons. The molecule has 1 saturated heterocycles. The van der Waals surface area contributed by atoms with E-state index >= 15 is 0 Å². The van der Waals surface area contributed by atoms with E-state index < -0.39 is 17.8 Å². The molecule has 0 saturated carbocycles. The molecule has 2 aromatic carbocycles. The number of carbonyl (C=O) groups is 3. The van der Waals surface area contributed by atoms with E-state index in [0.29, 0.717) is 11.5 Å². The first kappa shape index (κ1) is 28.0. The highest BCUT2D eigenvalue weighted by molar-refractivity contribution is 7.00. The molecule has 0 aliphatic carbocycles. The first-order chi connectivity index (χ1) is 21.1. The zero-order valence-corrected chi connectivity index (χ0v) is 24.2. The van der Waals surface area contributed by atoms with E-state index in [9.17, 15) is 14.4 Å². The quantitative estimate of drug-likeness (QED) is 0.129. The lowest BCUT2D eigenvalue weighted by Gasteiger charge is -2.12. The Balaban J connectivity index is 1.15. The summed E-state index contributed by atoms with van der Waals surface area (Å²) in [5.74, 6) is -1.49. The molecule has 4 heterocycles. The summed E-state index contributed by atoms with van der Waals surface area (Å²) < 4.78 is 13.5. The van der Waals surface area contributed by atoms with E-state index in [1.165, 1.54) is 11.7 Å². The van der Waals surface area contributed by atoms with Crippen LogP contribution in [0.5, 0.6) is 0 Å². The maximum atomic E-state index is 12.0. The van der Waals surface area contributed by atoms with Crippen molar-refractivity contribution in [2.75, 3.05) is 0 Å². The summed E-state index contributed by atoms with van der Waals surface area (Å²) in [6.07, 6.45) is 11.9. The van der Waals surface area contributed by atoms with E-state index in [2.05, 4.69) is 56.2 Å². The van der Waals surface area contributed by atoms with Crippen molar-refractivity contribution in [3.63, 3.8) is 0 Å². The zero-order chi connectivity index (χ0) is 29.6. The fourth-order valence-corrected chi connectivity index (χ4v) is 5.56. The number of nitrogens with zero attached hydrogens (tertiary/aromatic N) is 5. The molecule has 1 aliphatic heterocycles. The number of pyridine rings is 2. The Hall–Kier alpha value is -5.09. The summed E-state index contributed by atoms with van der Waals surface area (Å²) in [6, 6.07) is 24.5. The van der Waals surface area contributed by atoms with Crippen LogP contribution in [0.15, 0.2) is 91.4 Å². The number of unbranched alkanes of at least 4 members (excludes halogenated alkanes) is 1. The van der Waals surface area contributed by atoms with E-state index in [0.717, 1.165) is 51.9 Å². The highest BCUT2D eigenvalue weighted by Crippen LogP contribution is 2.31. The van der Waals surface area contributed by atoms with Crippen molar-refractivity contribution in [3.05, 3.63) is 97.0 Å². The molecule has 2 amide bonds. The van der Waals surface area contributed by atoms with E-state index in [1.54, 1.807) is 0 Å². The number of hydrogen-bond donors (Lipinski definition) is 0. The number of amides is 2. The van der Waals surface area contributed by atoms with Gasteiger partial charge in [-0.05, 0) is 29.7 Å². The van der Waals surface area contributed by atoms with Gasteiger partial charge in [0.15, 0.2) is 30.3 Å². The zero-order valence-electron chi connectivity index (χ0n) is 23.3. The number of aromatic nitrogens is 4. The van der Waals surface area contributed by atoms with Crippen molar-refractivity contribution in [2.24, 2.45) is 0 Å². The van der Waals surface area contributed by atoms with Gasteiger partial charge in [0, 0.05) is 49.5 Å². The minimum atomic E-state index is -0.566. The molecule has 1 fully saturated rings. The molecule has 0 bridgehead atoms. The van der Waals surface area contributed by atoms with Gasteiger partial charge in [0.25, 0.3) is 11.8 Å². The van der Waals surface area contributed by atoms with Crippen molar-refractivity contribution in [3.8, 4) is 22.4 Å². The molecule has 3 aromatic heterocycles. The molecule has 0 spiro atoms. The fraction of sp³-hybridized carbons (Fsp3) is 0.182. The molecule has 0 N–H and O–H groups in total. The molecular weight excluding hydrogens is 562 g/mol. The fourth-order valence-electron chi connectivity index (χ4n) is 5.00. The number of benzene rings is 2. The number of fused-ring (bicyclic) bond motifs is 1. The smallest absolute Gasteiger partial charge is 0.330 e. The normalized spacial score (nSPS) is 13.3. The first-order valence-electron chi connectivity index (χ1n) is 14.1. The highest BCUT2D eigenvalue weighted by atomic mass is 32.1. The predicted molar refractivity (Wildman–Crippen MR) is 161 cm³/mol. The average molecular weight is 592 g/mol. The van der Waals surface area contributed by atoms with E-state index in [-0.39, 0.29) is 19.3 Å². The number of rotatable bonds is 10. The lowest BCUT2D eigenvalue weighted by molar-refractivity contribution is -0.697. The van der Waals surface area contributed by atoms with Gasteiger partial charge in [0.05, 0.1) is 17.3 Å². The molecule has 6 rings (SSSR count). The topological polar surface area (TPSA) is 97.2 Å². The molecule has 5 aromatic rings. The van der Waals surface area contributed by atoms with Gasteiger partial charge in [-0.3, -0.25) is 9.59 Å². The van der Waals surface area contributed by atoms with Gasteiger partial charge in [0.1, 0.15) is 12.1 Å². The third kappa shape index (κ3) is 6.39. The summed E-state index contributed by atoms with van der Waals surface area (Å²) in [5.41, 5.74) is 6.89. The Morgan fingerprint density at radius 3 is 2.21 bits per heavy atom. The SMILES string of the molecule is O=C(CCCC[n+]1ccc(/C=C/[n+]2cc(-c3ccccc3)c3nsnc3c2-c2ccccc2)cc1)ON1C(=O)CCC1=O. The van der Waals surface area contributed by atoms with Crippen LogP contribution in [-0.4, -0.2) is 31.6 Å². The maximum absolute atomic E-state index is 12.0. The molecule has 0 atom stereocenters. The Labute approximate surface area is 252 Å². The molecule has 43 heavy (non-hydrogen) atoms. The van der Waals surface area contributed by atoms with Gasteiger partial charge in [0.2, 0.25) is 5.69 Å². The van der Waals surface area contributed by atoms with Gasteiger partial charge < -0.3 is 4.84 Å². The van der Waals surface area contributed by atoms with Crippen LogP contribution in [0, 0.1) is 0 Å². The predicted octanol–water partition coefficient (Wildman–Crippen LogP) is 5.01. The summed E-state index contributed by atoms with van der Waals surface area (Å²) in [6.45, 7) is 0.722. The molecule has 1 aliphatic rings. The Kier molecular flexibility index (Phi) is 8.37. The van der Waals surface area contributed by atoms with Crippen molar-refractivity contribution in [2.45, 2.75) is 38.6 Å². The van der Waals surface area contributed by atoms with E-state index in [4.69, 9.17) is 9.21 Å². The summed E-state index contributed by atoms with van der Waals surface area (Å²) in [7, 11) is 0. The van der Waals surface area contributed by atoms with E-state index in [1.807, 2.05) is 60.9 Å². The number of hydrogen-bond acceptors (Lipinski definition) is 7. The molecule has 214 valence electrons. The van der Waals surface area contributed by atoms with Crippen LogP contribution in [0.4, 0.5) is 0 Å². The Bertz CT molecular complexity index is 1790.